The minimum atomic E-state index is -0.880. The van der Waals surface area contributed by atoms with Crippen LogP contribution in [0.1, 0.15) is 56.6 Å². The van der Waals surface area contributed by atoms with E-state index in [9.17, 15) is 19.5 Å². The maximum Gasteiger partial charge on any atom is 0.407 e. The zero-order chi connectivity index (χ0) is 24.3. The quantitative estimate of drug-likeness (QED) is 0.540. The molecule has 34 heavy (non-hydrogen) atoms. The van der Waals surface area contributed by atoms with Crippen molar-refractivity contribution in [2.75, 3.05) is 13.2 Å². The molecule has 7 nitrogen and oxygen atoms in total. The van der Waals surface area contributed by atoms with Gasteiger partial charge in [0.25, 0.3) is 0 Å². The molecule has 0 heterocycles. The fourth-order valence-corrected chi connectivity index (χ4v) is 4.91. The largest absolute Gasteiger partial charge is 0.481 e. The highest BCUT2D eigenvalue weighted by molar-refractivity contribution is 5.80. The molecule has 0 unspecified atom stereocenters. The minimum Gasteiger partial charge on any atom is -0.481 e. The first-order valence-electron chi connectivity index (χ1n) is 11.9. The summed E-state index contributed by atoms with van der Waals surface area (Å²) >= 11 is 0. The Morgan fingerprint density at radius 3 is 2.24 bits per heavy atom. The van der Waals surface area contributed by atoms with Gasteiger partial charge in [0.15, 0.2) is 0 Å². The molecular weight excluding hydrogens is 432 g/mol. The third-order valence-corrected chi connectivity index (χ3v) is 7.10. The van der Waals surface area contributed by atoms with E-state index in [0.717, 1.165) is 0 Å². The molecule has 2 aliphatic carbocycles. The molecule has 4 rings (SSSR count). The Morgan fingerprint density at radius 1 is 1.00 bits per heavy atom. The summed E-state index contributed by atoms with van der Waals surface area (Å²) in [4.78, 5) is 36.2. The van der Waals surface area contributed by atoms with Crippen molar-refractivity contribution in [1.29, 1.82) is 0 Å². The van der Waals surface area contributed by atoms with Crippen molar-refractivity contribution < 1.29 is 24.2 Å². The van der Waals surface area contributed by atoms with Crippen molar-refractivity contribution in [3.8, 4) is 11.1 Å². The predicted octanol–water partition coefficient (Wildman–Crippen LogP) is 4.31. The van der Waals surface area contributed by atoms with Gasteiger partial charge in [-0.2, -0.15) is 0 Å². The highest BCUT2D eigenvalue weighted by atomic mass is 16.5. The number of carboxylic acids is 1. The molecule has 1 saturated carbocycles. The molecule has 180 valence electrons. The van der Waals surface area contributed by atoms with Crippen LogP contribution in [-0.2, 0) is 14.3 Å². The number of alkyl carbamates (subject to hydrolysis) is 1. The molecule has 7 heteroatoms. The van der Waals surface area contributed by atoms with Crippen molar-refractivity contribution in [2.45, 2.75) is 51.5 Å². The van der Waals surface area contributed by atoms with Gasteiger partial charge in [-0.1, -0.05) is 48.5 Å². The average Bonchev–Trinajstić information content (AvgIpc) is 3.40. The van der Waals surface area contributed by atoms with Crippen LogP contribution in [0.2, 0.25) is 0 Å². The smallest absolute Gasteiger partial charge is 0.407 e. The average molecular weight is 465 g/mol. The minimum absolute atomic E-state index is 0.00954. The maximum absolute atomic E-state index is 12.5. The summed E-state index contributed by atoms with van der Waals surface area (Å²) in [6, 6.07) is 16.3. The van der Waals surface area contributed by atoms with Crippen LogP contribution in [0.25, 0.3) is 11.1 Å². The third-order valence-electron chi connectivity index (χ3n) is 7.10. The van der Waals surface area contributed by atoms with E-state index in [2.05, 4.69) is 34.9 Å². The molecule has 1 fully saturated rings. The molecule has 0 bridgehead atoms. The molecule has 0 saturated heterocycles. The lowest BCUT2D eigenvalue weighted by atomic mass is 9.89. The zero-order valence-electron chi connectivity index (χ0n) is 19.7. The molecule has 0 spiro atoms. The molecular formula is C27H32N2O5. The van der Waals surface area contributed by atoms with Gasteiger partial charge in [-0.3, -0.25) is 9.59 Å². The lowest BCUT2D eigenvalue weighted by Gasteiger charge is -2.20. The summed E-state index contributed by atoms with van der Waals surface area (Å²) in [5.41, 5.74) is 3.82. The van der Waals surface area contributed by atoms with Gasteiger partial charge in [-0.25, -0.2) is 4.79 Å². The number of fused-ring (bicyclic) bond motifs is 3. The predicted molar refractivity (Wildman–Crippen MR) is 128 cm³/mol. The number of aliphatic carboxylic acids is 1. The summed E-state index contributed by atoms with van der Waals surface area (Å²) in [6.07, 6.45) is 1.85. The van der Waals surface area contributed by atoms with Crippen LogP contribution in [0.3, 0.4) is 0 Å². The van der Waals surface area contributed by atoms with E-state index in [1.807, 2.05) is 24.3 Å². The van der Waals surface area contributed by atoms with E-state index in [0.29, 0.717) is 32.2 Å². The number of rotatable bonds is 8. The monoisotopic (exact) mass is 464 g/mol. The van der Waals surface area contributed by atoms with Crippen molar-refractivity contribution in [3.05, 3.63) is 59.7 Å². The van der Waals surface area contributed by atoms with Crippen molar-refractivity contribution >= 4 is 18.0 Å². The standard InChI is InChI=1S/C27H32N2O5/c1-27(2,25(31)32)13-14-28-24(30)17-11-12-18(15-17)29-26(33)34-16-23-21-9-5-3-7-19(21)20-8-4-6-10-22(20)23/h3-10,17-18,23H,11-16H2,1-2H3,(H,28,30)(H,29,33)(H,31,32)/t17-,18+/m0/s1. The molecule has 2 aliphatic rings. The van der Waals surface area contributed by atoms with Crippen molar-refractivity contribution in [3.63, 3.8) is 0 Å². The first-order valence-corrected chi connectivity index (χ1v) is 11.9. The molecule has 2 aromatic rings. The number of carbonyl (C=O) groups is 3. The van der Waals surface area contributed by atoms with Crippen LogP contribution in [0, 0.1) is 11.3 Å². The van der Waals surface area contributed by atoms with Gasteiger partial charge in [0.1, 0.15) is 6.61 Å². The number of carboxylic acid groups (broad SMARTS) is 1. The molecule has 2 atom stereocenters. The topological polar surface area (TPSA) is 105 Å². The molecule has 2 aromatic carbocycles. The maximum atomic E-state index is 12.5. The lowest BCUT2D eigenvalue weighted by Crippen LogP contribution is -2.37. The van der Waals surface area contributed by atoms with Gasteiger partial charge in [-0.15, -0.1) is 0 Å². The second-order valence-corrected chi connectivity index (χ2v) is 9.91. The third kappa shape index (κ3) is 5.08. The van der Waals surface area contributed by atoms with Crippen LogP contribution < -0.4 is 10.6 Å². The van der Waals surface area contributed by atoms with E-state index in [4.69, 9.17) is 4.74 Å². The fraction of sp³-hybridized carbons (Fsp3) is 0.444. The summed E-state index contributed by atoms with van der Waals surface area (Å²) in [5.74, 6) is -1.14. The number of amides is 2. The van der Waals surface area contributed by atoms with E-state index in [-0.39, 0.29) is 30.4 Å². The molecule has 0 aromatic heterocycles. The summed E-state index contributed by atoms with van der Waals surface area (Å²) in [6.45, 7) is 3.87. The summed E-state index contributed by atoms with van der Waals surface area (Å²) in [7, 11) is 0. The number of hydrogen-bond donors (Lipinski definition) is 3. The Balaban J connectivity index is 1.24. The van der Waals surface area contributed by atoms with E-state index >= 15 is 0 Å². The number of benzene rings is 2. The SMILES string of the molecule is CC(C)(CCNC(=O)[C@H]1CC[C@@H](NC(=O)OCC2c3ccccc3-c3ccccc32)C1)C(=O)O. The van der Waals surface area contributed by atoms with Gasteiger partial charge in [0, 0.05) is 24.4 Å². The molecule has 0 radical (unpaired) electrons. The first-order chi connectivity index (χ1) is 16.3. The molecule has 0 aliphatic heterocycles. The van der Waals surface area contributed by atoms with Crippen LogP contribution in [-0.4, -0.2) is 42.3 Å². The van der Waals surface area contributed by atoms with Gasteiger partial charge < -0.3 is 20.5 Å². The van der Waals surface area contributed by atoms with Gasteiger partial charge >= 0.3 is 12.1 Å². The van der Waals surface area contributed by atoms with Gasteiger partial charge in [0.05, 0.1) is 5.41 Å². The highest BCUT2D eigenvalue weighted by Gasteiger charge is 2.33. The van der Waals surface area contributed by atoms with E-state index in [1.165, 1.54) is 22.3 Å². The summed E-state index contributed by atoms with van der Waals surface area (Å²) < 4.78 is 5.62. The first kappa shape index (κ1) is 23.8. The normalized spacial score (nSPS) is 19.2. The van der Waals surface area contributed by atoms with Crippen molar-refractivity contribution in [2.24, 2.45) is 11.3 Å². The van der Waals surface area contributed by atoms with Crippen molar-refractivity contribution in [1.82, 2.24) is 10.6 Å². The molecule has 2 amide bonds. The second kappa shape index (κ2) is 9.87. The fourth-order valence-electron chi connectivity index (χ4n) is 4.91. The second-order valence-electron chi connectivity index (χ2n) is 9.91. The number of nitrogens with one attached hydrogen (secondary N) is 2. The Labute approximate surface area is 199 Å². The Bertz CT molecular complexity index is 1030. The van der Waals surface area contributed by atoms with Gasteiger partial charge in [-0.05, 0) is 61.8 Å². The van der Waals surface area contributed by atoms with Crippen LogP contribution in [0.5, 0.6) is 0 Å². The Morgan fingerprint density at radius 2 is 1.62 bits per heavy atom. The number of hydrogen-bond acceptors (Lipinski definition) is 4. The number of ether oxygens (including phenoxy) is 1. The van der Waals surface area contributed by atoms with E-state index in [1.54, 1.807) is 13.8 Å². The van der Waals surface area contributed by atoms with Gasteiger partial charge in [0.2, 0.25) is 5.91 Å². The Kier molecular flexibility index (Phi) is 6.91. The van der Waals surface area contributed by atoms with Crippen LogP contribution in [0.15, 0.2) is 48.5 Å². The van der Waals surface area contributed by atoms with E-state index < -0.39 is 17.5 Å². The molecule has 3 N–H and O–H groups in total. The highest BCUT2D eigenvalue weighted by Crippen LogP contribution is 2.44. The zero-order valence-corrected chi connectivity index (χ0v) is 19.7. The van der Waals surface area contributed by atoms with Crippen LogP contribution in [0.4, 0.5) is 4.79 Å². The van der Waals surface area contributed by atoms with Crippen LogP contribution >= 0.6 is 0 Å². The summed E-state index contributed by atoms with van der Waals surface area (Å²) in [5, 5.41) is 14.9. The Hall–Kier alpha value is -3.35. The number of carbonyl (C=O) groups excluding carboxylic acids is 2. The lowest BCUT2D eigenvalue weighted by molar-refractivity contribution is -0.147.